The molecule has 0 aliphatic heterocycles. The van der Waals surface area contributed by atoms with Crippen LogP contribution in [0.4, 0.5) is 15.8 Å². The molecular formula is C19H19FN4O2. The van der Waals surface area contributed by atoms with Crippen LogP contribution in [-0.4, -0.2) is 16.8 Å². The number of benzene rings is 2. The minimum Gasteiger partial charge on any atom is -0.454 e. The van der Waals surface area contributed by atoms with E-state index in [1.54, 1.807) is 57.4 Å². The van der Waals surface area contributed by atoms with Crippen LogP contribution in [0.25, 0.3) is 11.3 Å². The summed E-state index contributed by atoms with van der Waals surface area (Å²) in [4.78, 5) is 12.0. The Bertz CT molecular complexity index is 1030. The summed E-state index contributed by atoms with van der Waals surface area (Å²) in [5.74, 6) is 0.0209. The number of nitrogens with zero attached hydrogens (tertiary/aromatic N) is 2. The highest BCUT2D eigenvalue weighted by atomic mass is 19.1. The molecule has 1 aromatic heterocycles. The summed E-state index contributed by atoms with van der Waals surface area (Å²) in [6.07, 6.45) is 0. The Balaban J connectivity index is 2.12. The van der Waals surface area contributed by atoms with Gasteiger partial charge in [0.25, 0.3) is 5.56 Å². The summed E-state index contributed by atoms with van der Waals surface area (Å²) in [7, 11) is 3.21. The lowest BCUT2D eigenvalue weighted by molar-refractivity contribution is 0.443. The number of hydrogen-bond acceptors (Lipinski definition) is 5. The highest BCUT2D eigenvalue weighted by Gasteiger charge is 2.14. The summed E-state index contributed by atoms with van der Waals surface area (Å²) in [5, 5.41) is 7.11. The van der Waals surface area contributed by atoms with Crippen molar-refractivity contribution < 1.29 is 9.13 Å². The van der Waals surface area contributed by atoms with Crippen LogP contribution < -0.4 is 21.3 Å². The summed E-state index contributed by atoms with van der Waals surface area (Å²) in [6, 6.07) is 11.3. The average Bonchev–Trinajstić information content (AvgIpc) is 2.61. The van der Waals surface area contributed by atoms with Crippen LogP contribution in [-0.2, 0) is 7.05 Å². The van der Waals surface area contributed by atoms with E-state index in [1.807, 2.05) is 0 Å². The molecule has 0 radical (unpaired) electrons. The third kappa shape index (κ3) is 3.37. The molecular weight excluding hydrogens is 335 g/mol. The van der Waals surface area contributed by atoms with E-state index >= 15 is 0 Å². The first-order chi connectivity index (χ1) is 12.4. The molecule has 7 heteroatoms. The molecule has 0 fully saturated rings. The van der Waals surface area contributed by atoms with Crippen molar-refractivity contribution in [2.45, 2.75) is 6.92 Å². The Morgan fingerprint density at radius 2 is 1.88 bits per heavy atom. The van der Waals surface area contributed by atoms with Gasteiger partial charge in [0.15, 0.2) is 11.6 Å². The summed E-state index contributed by atoms with van der Waals surface area (Å²) >= 11 is 0. The van der Waals surface area contributed by atoms with E-state index in [9.17, 15) is 9.18 Å². The number of hydrogen-bond donors (Lipinski definition) is 2. The first-order valence-corrected chi connectivity index (χ1v) is 7.99. The Labute approximate surface area is 150 Å². The molecule has 0 atom stereocenters. The maximum absolute atomic E-state index is 14.2. The third-order valence-electron chi connectivity index (χ3n) is 3.92. The number of anilines is 2. The Kier molecular flexibility index (Phi) is 4.62. The molecule has 0 aliphatic carbocycles. The molecule has 3 rings (SSSR count). The Morgan fingerprint density at radius 1 is 1.15 bits per heavy atom. The molecule has 134 valence electrons. The van der Waals surface area contributed by atoms with Crippen molar-refractivity contribution in [1.29, 1.82) is 0 Å². The number of rotatable bonds is 4. The van der Waals surface area contributed by atoms with Crippen molar-refractivity contribution >= 4 is 11.4 Å². The van der Waals surface area contributed by atoms with Crippen molar-refractivity contribution in [2.75, 3.05) is 18.1 Å². The van der Waals surface area contributed by atoms with Gasteiger partial charge in [-0.15, -0.1) is 0 Å². The molecule has 1 heterocycles. The number of aromatic nitrogens is 2. The smallest absolute Gasteiger partial charge is 0.289 e. The first-order valence-electron chi connectivity index (χ1n) is 7.99. The molecule has 2 aromatic carbocycles. The van der Waals surface area contributed by atoms with Crippen LogP contribution in [0.15, 0.2) is 47.3 Å². The largest absolute Gasteiger partial charge is 0.454 e. The normalized spacial score (nSPS) is 10.6. The molecule has 0 amide bonds. The van der Waals surface area contributed by atoms with E-state index in [2.05, 4.69) is 10.4 Å². The standard InChI is InChI=1S/C19H19FN4O2/c1-11-4-6-18(14(20)8-11)26-17-7-5-12(21)9-13(17)15-10-16(22-2)19(25)24(3)23-15/h4-10,22H,21H2,1-3H3. The van der Waals surface area contributed by atoms with E-state index in [-0.39, 0.29) is 11.3 Å². The Hall–Kier alpha value is -3.35. The second-order valence-electron chi connectivity index (χ2n) is 5.91. The Morgan fingerprint density at radius 3 is 2.58 bits per heavy atom. The SMILES string of the molecule is CNc1cc(-c2cc(N)ccc2Oc2ccc(C)cc2F)nn(C)c1=O. The van der Waals surface area contributed by atoms with Gasteiger partial charge in [-0.05, 0) is 48.9 Å². The fraction of sp³-hybridized carbons (Fsp3) is 0.158. The van der Waals surface area contributed by atoms with E-state index in [0.29, 0.717) is 28.4 Å². The van der Waals surface area contributed by atoms with Crippen molar-refractivity contribution in [1.82, 2.24) is 9.78 Å². The van der Waals surface area contributed by atoms with Crippen LogP contribution >= 0.6 is 0 Å². The molecule has 0 spiro atoms. The van der Waals surface area contributed by atoms with Crippen molar-refractivity contribution in [3.05, 3.63) is 64.2 Å². The average molecular weight is 354 g/mol. The number of nitrogen functional groups attached to an aromatic ring is 1. The molecule has 0 unspecified atom stereocenters. The van der Waals surface area contributed by atoms with Gasteiger partial charge in [-0.2, -0.15) is 5.10 Å². The highest BCUT2D eigenvalue weighted by Crippen LogP contribution is 2.35. The predicted octanol–water partition coefficient (Wildman–Crippen LogP) is 3.31. The van der Waals surface area contributed by atoms with Gasteiger partial charge >= 0.3 is 0 Å². The quantitative estimate of drug-likeness (QED) is 0.703. The number of ether oxygens (including phenoxy) is 1. The van der Waals surface area contributed by atoms with Crippen LogP contribution in [0.5, 0.6) is 11.5 Å². The first kappa shape index (κ1) is 17.5. The summed E-state index contributed by atoms with van der Waals surface area (Å²) in [5.41, 5.74) is 8.36. The summed E-state index contributed by atoms with van der Waals surface area (Å²) < 4.78 is 21.2. The predicted molar refractivity (Wildman–Crippen MR) is 100 cm³/mol. The lowest BCUT2D eigenvalue weighted by Crippen LogP contribution is -2.22. The van der Waals surface area contributed by atoms with Crippen molar-refractivity contribution in [3.63, 3.8) is 0 Å². The van der Waals surface area contributed by atoms with Gasteiger partial charge in [0.2, 0.25) is 0 Å². The van der Waals surface area contributed by atoms with Crippen LogP contribution in [0, 0.1) is 12.7 Å². The number of nitrogens with one attached hydrogen (secondary N) is 1. The van der Waals surface area contributed by atoms with Crippen molar-refractivity contribution in [3.8, 4) is 22.8 Å². The van der Waals surface area contributed by atoms with Gasteiger partial charge in [0.05, 0.1) is 5.69 Å². The number of aryl methyl sites for hydroxylation is 2. The second kappa shape index (κ2) is 6.87. The van der Waals surface area contributed by atoms with Crippen molar-refractivity contribution in [2.24, 2.45) is 7.05 Å². The second-order valence-corrected chi connectivity index (χ2v) is 5.91. The zero-order valence-electron chi connectivity index (χ0n) is 14.7. The molecule has 0 bridgehead atoms. The van der Waals surface area contributed by atoms with E-state index in [0.717, 1.165) is 5.56 Å². The van der Waals surface area contributed by atoms with Gasteiger partial charge in [-0.3, -0.25) is 4.79 Å². The van der Waals surface area contributed by atoms with Crippen LogP contribution in [0.3, 0.4) is 0 Å². The van der Waals surface area contributed by atoms with Gasteiger partial charge in [0, 0.05) is 25.3 Å². The highest BCUT2D eigenvalue weighted by molar-refractivity contribution is 5.73. The van der Waals surface area contributed by atoms with Crippen LogP contribution in [0.1, 0.15) is 5.56 Å². The molecule has 6 nitrogen and oxygen atoms in total. The number of nitrogens with two attached hydrogens (primary N) is 1. The topological polar surface area (TPSA) is 82.2 Å². The minimum absolute atomic E-state index is 0.0975. The molecule has 0 saturated carbocycles. The zero-order valence-corrected chi connectivity index (χ0v) is 14.7. The van der Waals surface area contributed by atoms with Crippen LogP contribution in [0.2, 0.25) is 0 Å². The van der Waals surface area contributed by atoms with Gasteiger partial charge in [-0.1, -0.05) is 6.07 Å². The maximum atomic E-state index is 14.2. The lowest BCUT2D eigenvalue weighted by atomic mass is 10.1. The summed E-state index contributed by atoms with van der Waals surface area (Å²) in [6.45, 7) is 1.80. The third-order valence-corrected chi connectivity index (χ3v) is 3.92. The fourth-order valence-corrected chi connectivity index (χ4v) is 2.56. The van der Waals surface area contributed by atoms with E-state index in [1.165, 1.54) is 10.7 Å². The fourth-order valence-electron chi connectivity index (χ4n) is 2.56. The monoisotopic (exact) mass is 354 g/mol. The van der Waals surface area contributed by atoms with E-state index in [4.69, 9.17) is 10.5 Å². The van der Waals surface area contributed by atoms with Gasteiger partial charge < -0.3 is 15.8 Å². The number of halogens is 1. The van der Waals surface area contributed by atoms with Gasteiger partial charge in [-0.25, -0.2) is 9.07 Å². The van der Waals surface area contributed by atoms with Gasteiger partial charge in [0.1, 0.15) is 11.4 Å². The zero-order chi connectivity index (χ0) is 18.8. The minimum atomic E-state index is -0.461. The molecule has 0 aliphatic rings. The molecule has 3 aromatic rings. The molecule has 0 saturated heterocycles. The maximum Gasteiger partial charge on any atom is 0.289 e. The molecule has 26 heavy (non-hydrogen) atoms. The lowest BCUT2D eigenvalue weighted by Gasteiger charge is -2.14. The molecule has 3 N–H and O–H groups in total. The van der Waals surface area contributed by atoms with E-state index < -0.39 is 5.82 Å².